The van der Waals surface area contributed by atoms with Gasteiger partial charge in [-0.05, 0) is 19.1 Å². The lowest BCUT2D eigenvalue weighted by Gasteiger charge is -2.13. The first kappa shape index (κ1) is 18.2. The highest BCUT2D eigenvalue weighted by Gasteiger charge is 2.33. The fourth-order valence-electron chi connectivity index (χ4n) is 1.48. The van der Waals surface area contributed by atoms with Crippen molar-refractivity contribution in [3.8, 4) is 5.75 Å². The minimum Gasteiger partial charge on any atom is -0.466 e. The Morgan fingerprint density at radius 1 is 1.27 bits per heavy atom. The molecule has 124 valence electrons. The molecule has 0 aliphatic rings. The molecule has 6 nitrogen and oxygen atoms in total. The van der Waals surface area contributed by atoms with E-state index in [4.69, 9.17) is 0 Å². The van der Waals surface area contributed by atoms with Crippen molar-refractivity contribution in [1.29, 1.82) is 0 Å². The molecule has 0 heterocycles. The van der Waals surface area contributed by atoms with Crippen LogP contribution in [0.2, 0.25) is 0 Å². The van der Waals surface area contributed by atoms with Crippen molar-refractivity contribution in [2.45, 2.75) is 24.6 Å². The van der Waals surface area contributed by atoms with E-state index >= 15 is 0 Å². The Morgan fingerprint density at radius 3 is 2.50 bits per heavy atom. The molecule has 0 saturated heterocycles. The van der Waals surface area contributed by atoms with E-state index in [1.165, 1.54) is 12.1 Å². The lowest BCUT2D eigenvalue weighted by Crippen LogP contribution is -2.28. The van der Waals surface area contributed by atoms with Crippen LogP contribution in [-0.4, -0.2) is 33.9 Å². The molecule has 1 rings (SSSR count). The summed E-state index contributed by atoms with van der Waals surface area (Å²) < 4.78 is 71.0. The van der Waals surface area contributed by atoms with E-state index in [2.05, 4.69) is 9.47 Å². The smallest absolute Gasteiger partial charge is 0.466 e. The number of sulfonamides is 1. The lowest BCUT2D eigenvalue weighted by atomic mass is 10.3. The highest BCUT2D eigenvalue weighted by molar-refractivity contribution is 7.89. The topological polar surface area (TPSA) is 81.7 Å². The monoisotopic (exact) mass is 341 g/mol. The Bertz CT molecular complexity index is 615. The molecule has 0 amide bonds. The van der Waals surface area contributed by atoms with E-state index in [1.54, 1.807) is 6.92 Å². The van der Waals surface area contributed by atoms with Crippen molar-refractivity contribution < 1.29 is 35.9 Å². The summed E-state index contributed by atoms with van der Waals surface area (Å²) in [5.41, 5.74) is 0. The molecule has 0 radical (unpaired) electrons. The van der Waals surface area contributed by atoms with E-state index in [1.807, 2.05) is 4.72 Å². The third-order valence-corrected chi connectivity index (χ3v) is 3.79. The second kappa shape index (κ2) is 7.45. The van der Waals surface area contributed by atoms with Crippen LogP contribution in [0.3, 0.4) is 0 Å². The van der Waals surface area contributed by atoms with Crippen molar-refractivity contribution in [2.24, 2.45) is 0 Å². The first-order valence-corrected chi connectivity index (χ1v) is 7.64. The van der Waals surface area contributed by atoms with Gasteiger partial charge in [0.1, 0.15) is 10.6 Å². The third kappa shape index (κ3) is 5.90. The van der Waals surface area contributed by atoms with Crippen LogP contribution in [-0.2, 0) is 19.6 Å². The largest absolute Gasteiger partial charge is 0.573 e. The molecule has 0 bridgehead atoms. The normalized spacial score (nSPS) is 12.0. The summed E-state index contributed by atoms with van der Waals surface area (Å²) in [6, 6.07) is 4.31. The van der Waals surface area contributed by atoms with Gasteiger partial charge in [0, 0.05) is 6.54 Å². The van der Waals surface area contributed by atoms with Crippen LogP contribution in [0.25, 0.3) is 0 Å². The van der Waals surface area contributed by atoms with Crippen molar-refractivity contribution in [2.75, 3.05) is 13.2 Å². The number of hydrogen-bond acceptors (Lipinski definition) is 5. The molecule has 0 spiro atoms. The van der Waals surface area contributed by atoms with Gasteiger partial charge in [-0.1, -0.05) is 12.1 Å². The maximum absolute atomic E-state index is 12.3. The fourth-order valence-corrected chi connectivity index (χ4v) is 2.64. The summed E-state index contributed by atoms with van der Waals surface area (Å²) in [4.78, 5) is 10.4. The number of alkyl halides is 3. The summed E-state index contributed by atoms with van der Waals surface area (Å²) in [6.07, 6.45) is -5.26. The van der Waals surface area contributed by atoms with Gasteiger partial charge in [-0.15, -0.1) is 13.2 Å². The highest BCUT2D eigenvalue weighted by atomic mass is 32.2. The van der Waals surface area contributed by atoms with Crippen molar-refractivity contribution >= 4 is 16.0 Å². The van der Waals surface area contributed by atoms with Gasteiger partial charge in [0.25, 0.3) is 0 Å². The van der Waals surface area contributed by atoms with Crippen molar-refractivity contribution in [3.63, 3.8) is 0 Å². The molecule has 0 aliphatic carbocycles. The molecule has 0 unspecified atom stereocenters. The Labute approximate surface area is 125 Å². The second-order valence-electron chi connectivity index (χ2n) is 3.95. The molecule has 22 heavy (non-hydrogen) atoms. The number of benzene rings is 1. The number of esters is 1. The molecule has 0 aromatic heterocycles. The van der Waals surface area contributed by atoms with E-state index in [9.17, 15) is 26.4 Å². The molecule has 10 heteroatoms. The van der Waals surface area contributed by atoms with E-state index < -0.39 is 33.0 Å². The third-order valence-electron chi connectivity index (χ3n) is 2.29. The average Bonchev–Trinajstić information content (AvgIpc) is 2.37. The van der Waals surface area contributed by atoms with E-state index in [-0.39, 0.29) is 19.6 Å². The van der Waals surface area contributed by atoms with Crippen LogP contribution in [0.4, 0.5) is 13.2 Å². The molecule has 0 aliphatic heterocycles. The molecule has 1 N–H and O–H groups in total. The van der Waals surface area contributed by atoms with Crippen LogP contribution in [0, 0.1) is 0 Å². The number of halogens is 3. The minimum atomic E-state index is -5.02. The Kier molecular flexibility index (Phi) is 6.18. The number of carbonyl (C=O) groups excluding carboxylic acids is 1. The van der Waals surface area contributed by atoms with Crippen LogP contribution < -0.4 is 9.46 Å². The summed E-state index contributed by atoms with van der Waals surface area (Å²) in [6.45, 7) is 1.43. The predicted octanol–water partition coefficient (Wildman–Crippen LogP) is 1.82. The number of para-hydroxylation sites is 1. The molecule has 1 aromatic carbocycles. The van der Waals surface area contributed by atoms with Crippen molar-refractivity contribution in [3.05, 3.63) is 24.3 Å². The van der Waals surface area contributed by atoms with Crippen LogP contribution >= 0.6 is 0 Å². The van der Waals surface area contributed by atoms with E-state index in [0.717, 1.165) is 12.1 Å². The van der Waals surface area contributed by atoms with Gasteiger partial charge in [-0.3, -0.25) is 4.79 Å². The van der Waals surface area contributed by atoms with Gasteiger partial charge in [-0.2, -0.15) is 0 Å². The van der Waals surface area contributed by atoms with Gasteiger partial charge < -0.3 is 9.47 Å². The maximum atomic E-state index is 12.3. The molecule has 1 aromatic rings. The van der Waals surface area contributed by atoms with Crippen molar-refractivity contribution in [1.82, 2.24) is 4.72 Å². The van der Waals surface area contributed by atoms with Gasteiger partial charge in [0.05, 0.1) is 13.0 Å². The highest BCUT2D eigenvalue weighted by Crippen LogP contribution is 2.29. The number of hydrogen-bond donors (Lipinski definition) is 1. The first-order chi connectivity index (χ1) is 10.2. The van der Waals surface area contributed by atoms with Crippen LogP contribution in [0.1, 0.15) is 13.3 Å². The van der Waals surface area contributed by atoms with Gasteiger partial charge >= 0.3 is 12.3 Å². The molecular formula is C12H14F3NO5S. The molecule has 0 atom stereocenters. The van der Waals surface area contributed by atoms with E-state index in [0.29, 0.717) is 0 Å². The number of carbonyl (C=O) groups is 1. The number of ether oxygens (including phenoxy) is 2. The quantitative estimate of drug-likeness (QED) is 0.765. The molecule has 0 fully saturated rings. The Hall–Kier alpha value is -1.81. The molecular weight excluding hydrogens is 327 g/mol. The SMILES string of the molecule is CCOC(=O)CCNS(=O)(=O)c1ccccc1OC(F)(F)F. The molecule has 0 saturated carbocycles. The zero-order valence-electron chi connectivity index (χ0n) is 11.5. The van der Waals surface area contributed by atoms with Crippen LogP contribution in [0.5, 0.6) is 5.75 Å². The minimum absolute atomic E-state index is 0.147. The second-order valence-corrected chi connectivity index (χ2v) is 5.68. The predicted molar refractivity (Wildman–Crippen MR) is 69.6 cm³/mol. The zero-order valence-corrected chi connectivity index (χ0v) is 12.3. The summed E-state index contributed by atoms with van der Waals surface area (Å²) in [5.74, 6) is -1.47. The Balaban J connectivity index is 2.83. The van der Waals surface area contributed by atoms with Crippen LogP contribution in [0.15, 0.2) is 29.2 Å². The fraction of sp³-hybridized carbons (Fsp3) is 0.417. The van der Waals surface area contributed by atoms with Gasteiger partial charge in [0.15, 0.2) is 0 Å². The number of nitrogens with one attached hydrogen (secondary N) is 1. The maximum Gasteiger partial charge on any atom is 0.573 e. The zero-order chi connectivity index (χ0) is 16.8. The summed E-state index contributed by atoms with van der Waals surface area (Å²) >= 11 is 0. The first-order valence-electron chi connectivity index (χ1n) is 6.16. The summed E-state index contributed by atoms with van der Waals surface area (Å²) in [7, 11) is -4.26. The van der Waals surface area contributed by atoms with Gasteiger partial charge in [-0.25, -0.2) is 13.1 Å². The van der Waals surface area contributed by atoms with Gasteiger partial charge in [0.2, 0.25) is 10.0 Å². The lowest BCUT2D eigenvalue weighted by molar-refractivity contribution is -0.275. The average molecular weight is 341 g/mol. The standard InChI is InChI=1S/C12H14F3NO5S/c1-2-20-11(17)7-8-16-22(18,19)10-6-4-3-5-9(10)21-12(13,14)15/h3-6,16H,2,7-8H2,1H3. The summed E-state index contributed by atoms with van der Waals surface area (Å²) in [5, 5.41) is 0. The Morgan fingerprint density at radius 2 is 1.91 bits per heavy atom. The number of rotatable bonds is 7.